The van der Waals surface area contributed by atoms with Crippen molar-refractivity contribution in [2.75, 3.05) is 5.32 Å². The van der Waals surface area contributed by atoms with Crippen LogP contribution in [0, 0.1) is 0 Å². The lowest BCUT2D eigenvalue weighted by molar-refractivity contribution is -0.113. The normalized spacial score (nSPS) is 13.2. The van der Waals surface area contributed by atoms with Gasteiger partial charge in [0.05, 0.1) is 5.60 Å². The number of carbonyl (C=O) groups excluding carboxylic acids is 1. The summed E-state index contributed by atoms with van der Waals surface area (Å²) in [7, 11) is 0. The topological polar surface area (TPSA) is 49.3 Å². The summed E-state index contributed by atoms with van der Waals surface area (Å²) in [6.07, 6.45) is 0.147. The van der Waals surface area contributed by atoms with Crippen molar-refractivity contribution in [2.45, 2.75) is 18.9 Å². The van der Waals surface area contributed by atoms with Crippen LogP contribution in [0.4, 0.5) is 5.69 Å². The van der Waals surface area contributed by atoms with Crippen molar-refractivity contribution in [1.29, 1.82) is 0 Å². The van der Waals surface area contributed by atoms with E-state index in [2.05, 4.69) is 27.8 Å². The van der Waals surface area contributed by atoms with Gasteiger partial charge in [0.2, 0.25) is 0 Å². The third-order valence-electron chi connectivity index (χ3n) is 3.36. The number of hydrogen-bond acceptors (Lipinski definition) is 2. The van der Waals surface area contributed by atoms with Gasteiger partial charge in [0.1, 0.15) is 0 Å². The molecule has 0 aliphatic carbocycles. The fraction of sp³-hybridized carbons (Fsp3) is 0.167. The highest BCUT2D eigenvalue weighted by molar-refractivity contribution is 9.10. The van der Waals surface area contributed by atoms with Gasteiger partial charge in [-0.3, -0.25) is 4.79 Å². The first-order chi connectivity index (χ1) is 10.4. The van der Waals surface area contributed by atoms with E-state index in [-0.39, 0.29) is 12.3 Å². The van der Waals surface area contributed by atoms with E-state index >= 15 is 0 Å². The Hall–Kier alpha value is -1.91. The molecule has 0 aromatic heterocycles. The number of nitrogens with one attached hydrogen (secondary N) is 1. The average molecular weight is 360 g/mol. The summed E-state index contributed by atoms with van der Waals surface area (Å²) in [5.41, 5.74) is 0.577. The highest BCUT2D eigenvalue weighted by Gasteiger charge is 2.28. The molecule has 2 rings (SSSR count). The fourth-order valence-electron chi connectivity index (χ4n) is 2.23. The Labute approximate surface area is 138 Å². The number of rotatable bonds is 5. The molecule has 0 radical (unpaired) electrons. The number of aliphatic hydroxyl groups is 1. The standard InChI is InChI=1S/C18H18BrNO2/c1-13(17(21)20-14-8-4-3-5-9-14)12-18(2,22)15-10-6-7-11-16(15)19/h3-11,22H,1,12H2,2H3,(H,20,21)/t18-/m1/s1. The zero-order valence-electron chi connectivity index (χ0n) is 12.3. The van der Waals surface area contributed by atoms with Crippen molar-refractivity contribution in [1.82, 2.24) is 0 Å². The smallest absolute Gasteiger partial charge is 0.251 e. The van der Waals surface area contributed by atoms with Crippen LogP contribution in [0.2, 0.25) is 0 Å². The summed E-state index contributed by atoms with van der Waals surface area (Å²) in [4.78, 5) is 12.2. The summed E-state index contributed by atoms with van der Waals surface area (Å²) < 4.78 is 0.802. The lowest BCUT2D eigenvalue weighted by Crippen LogP contribution is -2.26. The predicted octanol–water partition coefficient (Wildman–Crippen LogP) is 4.24. The van der Waals surface area contributed by atoms with E-state index in [1.807, 2.05) is 42.5 Å². The largest absolute Gasteiger partial charge is 0.385 e. The van der Waals surface area contributed by atoms with E-state index in [0.717, 1.165) is 10.0 Å². The Morgan fingerprint density at radius 1 is 1.18 bits per heavy atom. The molecular formula is C18H18BrNO2. The molecule has 1 atom stereocenters. The molecule has 0 saturated carbocycles. The van der Waals surface area contributed by atoms with Crippen LogP contribution in [0.25, 0.3) is 0 Å². The maximum absolute atomic E-state index is 12.2. The highest BCUT2D eigenvalue weighted by Crippen LogP contribution is 2.33. The molecule has 2 N–H and O–H groups in total. The third-order valence-corrected chi connectivity index (χ3v) is 4.06. The summed E-state index contributed by atoms with van der Waals surface area (Å²) in [5.74, 6) is -0.293. The first-order valence-electron chi connectivity index (χ1n) is 6.92. The first-order valence-corrected chi connectivity index (χ1v) is 7.71. The van der Waals surface area contributed by atoms with E-state index in [9.17, 15) is 9.90 Å². The quantitative estimate of drug-likeness (QED) is 0.784. The van der Waals surface area contributed by atoms with Crippen LogP contribution in [0.1, 0.15) is 18.9 Å². The van der Waals surface area contributed by atoms with Gasteiger partial charge in [-0.2, -0.15) is 0 Å². The van der Waals surface area contributed by atoms with Crippen LogP contribution >= 0.6 is 15.9 Å². The lowest BCUT2D eigenvalue weighted by Gasteiger charge is -2.25. The Bertz CT molecular complexity index is 680. The Kier molecular flexibility index (Phi) is 5.16. The number of halogens is 1. The van der Waals surface area contributed by atoms with E-state index in [4.69, 9.17) is 0 Å². The predicted molar refractivity (Wildman–Crippen MR) is 92.5 cm³/mol. The maximum Gasteiger partial charge on any atom is 0.251 e. The second-order valence-electron chi connectivity index (χ2n) is 5.35. The molecule has 0 saturated heterocycles. The molecule has 114 valence electrons. The molecule has 0 fully saturated rings. The molecule has 0 spiro atoms. The van der Waals surface area contributed by atoms with Gasteiger partial charge in [-0.15, -0.1) is 0 Å². The van der Waals surface area contributed by atoms with E-state index < -0.39 is 5.60 Å². The monoisotopic (exact) mass is 359 g/mol. The molecule has 4 heteroatoms. The van der Waals surface area contributed by atoms with E-state index in [0.29, 0.717) is 11.3 Å². The summed E-state index contributed by atoms with van der Waals surface area (Å²) >= 11 is 3.42. The van der Waals surface area contributed by atoms with E-state index in [1.54, 1.807) is 19.1 Å². The van der Waals surface area contributed by atoms with Crippen LogP contribution in [0.5, 0.6) is 0 Å². The molecule has 0 bridgehead atoms. The second-order valence-corrected chi connectivity index (χ2v) is 6.21. The van der Waals surface area contributed by atoms with Gasteiger partial charge in [-0.1, -0.05) is 58.9 Å². The average Bonchev–Trinajstić information content (AvgIpc) is 2.48. The number of anilines is 1. The molecular weight excluding hydrogens is 342 g/mol. The van der Waals surface area contributed by atoms with Crippen LogP contribution < -0.4 is 5.32 Å². The number of carbonyl (C=O) groups is 1. The zero-order valence-corrected chi connectivity index (χ0v) is 13.9. The number of hydrogen-bond donors (Lipinski definition) is 2. The molecule has 22 heavy (non-hydrogen) atoms. The van der Waals surface area contributed by atoms with Crippen molar-refractivity contribution in [3.8, 4) is 0 Å². The highest BCUT2D eigenvalue weighted by atomic mass is 79.9. The minimum atomic E-state index is -1.18. The molecule has 0 unspecified atom stereocenters. The molecule has 3 nitrogen and oxygen atoms in total. The van der Waals surface area contributed by atoms with E-state index in [1.165, 1.54) is 0 Å². The minimum Gasteiger partial charge on any atom is -0.385 e. The van der Waals surface area contributed by atoms with Crippen molar-refractivity contribution < 1.29 is 9.90 Å². The molecule has 0 aliphatic heterocycles. The van der Waals surface area contributed by atoms with Gasteiger partial charge < -0.3 is 10.4 Å². The molecule has 2 aromatic carbocycles. The van der Waals surface area contributed by atoms with Crippen LogP contribution in [0.3, 0.4) is 0 Å². The Morgan fingerprint density at radius 3 is 2.41 bits per heavy atom. The first kappa shape index (κ1) is 16.5. The number of benzene rings is 2. The van der Waals surface area contributed by atoms with Gasteiger partial charge in [0.25, 0.3) is 5.91 Å². The lowest BCUT2D eigenvalue weighted by atomic mass is 9.89. The Balaban J connectivity index is 2.07. The fourth-order valence-corrected chi connectivity index (χ4v) is 2.94. The SMILES string of the molecule is C=C(C[C@@](C)(O)c1ccccc1Br)C(=O)Nc1ccccc1. The molecule has 2 aromatic rings. The number of para-hydroxylation sites is 1. The molecule has 1 amide bonds. The minimum absolute atomic E-state index is 0.147. The third kappa shape index (κ3) is 4.06. The van der Waals surface area contributed by atoms with Crippen molar-refractivity contribution >= 4 is 27.5 Å². The summed E-state index contributed by atoms with van der Waals surface area (Å²) in [6.45, 7) is 5.48. The van der Waals surface area contributed by atoms with Crippen molar-refractivity contribution in [2.24, 2.45) is 0 Å². The zero-order chi connectivity index (χ0) is 16.2. The van der Waals surface area contributed by atoms with Gasteiger partial charge in [0, 0.05) is 22.2 Å². The Morgan fingerprint density at radius 2 is 1.77 bits per heavy atom. The van der Waals surface area contributed by atoms with Crippen LogP contribution in [0.15, 0.2) is 71.2 Å². The summed E-state index contributed by atoms with van der Waals surface area (Å²) in [5, 5.41) is 13.5. The summed E-state index contributed by atoms with van der Waals surface area (Å²) in [6, 6.07) is 16.6. The van der Waals surface area contributed by atoms with Crippen molar-refractivity contribution in [3.63, 3.8) is 0 Å². The van der Waals surface area contributed by atoms with Gasteiger partial charge >= 0.3 is 0 Å². The van der Waals surface area contributed by atoms with Gasteiger partial charge in [0.15, 0.2) is 0 Å². The van der Waals surface area contributed by atoms with Gasteiger partial charge in [-0.25, -0.2) is 0 Å². The van der Waals surface area contributed by atoms with Crippen molar-refractivity contribution in [3.05, 3.63) is 76.8 Å². The number of amides is 1. The van der Waals surface area contributed by atoms with Crippen LogP contribution in [-0.2, 0) is 10.4 Å². The van der Waals surface area contributed by atoms with Gasteiger partial charge in [-0.05, 0) is 30.7 Å². The molecule has 0 aliphatic rings. The second kappa shape index (κ2) is 6.90. The maximum atomic E-state index is 12.2. The van der Waals surface area contributed by atoms with Crippen LogP contribution in [-0.4, -0.2) is 11.0 Å². The molecule has 0 heterocycles.